The van der Waals surface area contributed by atoms with Gasteiger partial charge in [0.1, 0.15) is 11.5 Å². The normalized spacial score (nSPS) is 15.7. The van der Waals surface area contributed by atoms with Crippen molar-refractivity contribution >= 4 is 23.3 Å². The number of urea groups is 1. The average Bonchev–Trinajstić information content (AvgIpc) is 2.73. The van der Waals surface area contributed by atoms with Gasteiger partial charge >= 0.3 is 6.03 Å². The standard InChI is InChI=1S/C20H20N4O6/c1-11-17(19(25)22-15-9-8-14(29-2)10-16(15)30-3)18(23-20(26)21-11)12-4-6-13(7-5-12)24(27)28/h4-10,18H,1-3H3,(H,22,25)(H2,21,23,26)/t18-/m1/s1. The van der Waals surface area contributed by atoms with E-state index in [9.17, 15) is 19.7 Å². The number of carbonyl (C=O) groups is 2. The molecule has 0 saturated carbocycles. The molecule has 0 aliphatic carbocycles. The number of carbonyl (C=O) groups excluding carboxylic acids is 2. The quantitative estimate of drug-likeness (QED) is 0.494. The molecular weight excluding hydrogens is 392 g/mol. The number of ether oxygens (including phenoxy) is 2. The largest absolute Gasteiger partial charge is 0.497 e. The Hall–Kier alpha value is -4.08. The molecule has 0 fully saturated rings. The number of methoxy groups -OCH3 is 2. The van der Waals surface area contributed by atoms with Crippen molar-refractivity contribution in [2.45, 2.75) is 13.0 Å². The maximum Gasteiger partial charge on any atom is 0.319 e. The SMILES string of the molecule is COc1ccc(NC(=O)C2=C(C)NC(=O)N[C@@H]2c2ccc([N+](=O)[O-])cc2)c(OC)c1. The Bertz CT molecular complexity index is 1030. The number of anilines is 1. The van der Waals surface area contributed by atoms with Gasteiger partial charge < -0.3 is 25.4 Å². The first-order valence-electron chi connectivity index (χ1n) is 8.90. The first-order chi connectivity index (χ1) is 14.3. The molecule has 2 aromatic rings. The summed E-state index contributed by atoms with van der Waals surface area (Å²) in [4.78, 5) is 35.5. The fourth-order valence-electron chi connectivity index (χ4n) is 3.12. The van der Waals surface area contributed by atoms with Crippen molar-refractivity contribution in [2.75, 3.05) is 19.5 Å². The zero-order chi connectivity index (χ0) is 21.8. The summed E-state index contributed by atoms with van der Waals surface area (Å²) in [5.74, 6) is 0.503. The molecule has 3 rings (SSSR count). The first-order valence-corrected chi connectivity index (χ1v) is 8.90. The van der Waals surface area contributed by atoms with E-state index < -0.39 is 22.9 Å². The second-order valence-corrected chi connectivity index (χ2v) is 6.44. The van der Waals surface area contributed by atoms with Crippen LogP contribution in [0, 0.1) is 10.1 Å². The molecule has 0 unspecified atom stereocenters. The van der Waals surface area contributed by atoms with E-state index in [2.05, 4.69) is 16.0 Å². The Balaban J connectivity index is 1.94. The van der Waals surface area contributed by atoms with E-state index >= 15 is 0 Å². The molecule has 3 N–H and O–H groups in total. The molecule has 0 saturated heterocycles. The first kappa shape index (κ1) is 20.6. The van der Waals surface area contributed by atoms with Gasteiger partial charge in [-0.15, -0.1) is 0 Å². The van der Waals surface area contributed by atoms with E-state index in [1.165, 1.54) is 38.5 Å². The van der Waals surface area contributed by atoms with Crippen molar-refractivity contribution in [2.24, 2.45) is 0 Å². The van der Waals surface area contributed by atoms with Crippen LogP contribution in [0.4, 0.5) is 16.2 Å². The summed E-state index contributed by atoms with van der Waals surface area (Å²) in [5.41, 5.74) is 1.49. The molecule has 0 aromatic heterocycles. The average molecular weight is 412 g/mol. The Morgan fingerprint density at radius 2 is 1.83 bits per heavy atom. The minimum Gasteiger partial charge on any atom is -0.497 e. The minimum absolute atomic E-state index is 0.0892. The summed E-state index contributed by atoms with van der Waals surface area (Å²) in [7, 11) is 2.99. The number of amides is 3. The lowest BCUT2D eigenvalue weighted by atomic mass is 9.94. The lowest BCUT2D eigenvalue weighted by Gasteiger charge is -2.28. The Morgan fingerprint density at radius 1 is 1.13 bits per heavy atom. The summed E-state index contributed by atoms with van der Waals surface area (Å²) in [6, 6.07) is 9.33. The summed E-state index contributed by atoms with van der Waals surface area (Å²) in [6.45, 7) is 1.61. The molecule has 10 heteroatoms. The van der Waals surface area contributed by atoms with Crippen LogP contribution in [0.15, 0.2) is 53.7 Å². The number of hydrogen-bond donors (Lipinski definition) is 3. The fourth-order valence-corrected chi connectivity index (χ4v) is 3.12. The van der Waals surface area contributed by atoms with Crippen LogP contribution in [0.1, 0.15) is 18.5 Å². The molecule has 156 valence electrons. The number of nitrogens with zero attached hydrogens (tertiary/aromatic N) is 1. The molecule has 0 radical (unpaired) electrons. The smallest absolute Gasteiger partial charge is 0.319 e. The summed E-state index contributed by atoms with van der Waals surface area (Å²) in [5, 5.41) is 19.0. The van der Waals surface area contributed by atoms with E-state index in [1.807, 2.05) is 0 Å². The number of nitrogens with one attached hydrogen (secondary N) is 3. The van der Waals surface area contributed by atoms with Gasteiger partial charge in [0.25, 0.3) is 11.6 Å². The van der Waals surface area contributed by atoms with Crippen LogP contribution in [0.3, 0.4) is 0 Å². The molecule has 0 bridgehead atoms. The van der Waals surface area contributed by atoms with Gasteiger partial charge in [0, 0.05) is 23.9 Å². The molecule has 1 aliphatic heterocycles. The number of rotatable bonds is 6. The highest BCUT2D eigenvalue weighted by Gasteiger charge is 2.31. The molecule has 0 spiro atoms. The van der Waals surface area contributed by atoms with E-state index in [4.69, 9.17) is 9.47 Å². The zero-order valence-corrected chi connectivity index (χ0v) is 16.5. The minimum atomic E-state index is -0.788. The molecule has 1 heterocycles. The van der Waals surface area contributed by atoms with Crippen molar-refractivity contribution in [1.29, 1.82) is 0 Å². The third-order valence-electron chi connectivity index (χ3n) is 4.61. The lowest BCUT2D eigenvalue weighted by molar-refractivity contribution is -0.384. The van der Waals surface area contributed by atoms with Gasteiger partial charge in [-0.2, -0.15) is 0 Å². The maximum absolute atomic E-state index is 13.1. The lowest BCUT2D eigenvalue weighted by Crippen LogP contribution is -2.45. The predicted molar refractivity (Wildman–Crippen MR) is 108 cm³/mol. The number of hydrogen-bond acceptors (Lipinski definition) is 6. The Labute approximate surface area is 172 Å². The van der Waals surface area contributed by atoms with Crippen LogP contribution >= 0.6 is 0 Å². The maximum atomic E-state index is 13.1. The van der Waals surface area contributed by atoms with E-state index in [0.29, 0.717) is 28.4 Å². The van der Waals surface area contributed by atoms with Crippen molar-refractivity contribution in [3.05, 3.63) is 69.4 Å². The Kier molecular flexibility index (Phi) is 5.86. The van der Waals surface area contributed by atoms with Gasteiger partial charge in [-0.3, -0.25) is 14.9 Å². The number of nitro benzene ring substituents is 1. The molecule has 1 aliphatic rings. The van der Waals surface area contributed by atoms with E-state index in [-0.39, 0.29) is 11.3 Å². The number of allylic oxidation sites excluding steroid dienone is 1. The van der Waals surface area contributed by atoms with Crippen LogP contribution in [0.2, 0.25) is 0 Å². The number of non-ortho nitro benzene ring substituents is 1. The van der Waals surface area contributed by atoms with Crippen LogP contribution in [-0.2, 0) is 4.79 Å². The highest BCUT2D eigenvalue weighted by Crippen LogP contribution is 2.32. The van der Waals surface area contributed by atoms with Crippen LogP contribution in [0.5, 0.6) is 11.5 Å². The van der Waals surface area contributed by atoms with Crippen LogP contribution in [-0.4, -0.2) is 31.1 Å². The van der Waals surface area contributed by atoms with E-state index in [1.54, 1.807) is 25.1 Å². The third-order valence-corrected chi connectivity index (χ3v) is 4.61. The van der Waals surface area contributed by atoms with Crippen LogP contribution < -0.4 is 25.4 Å². The molecule has 3 amide bonds. The summed E-state index contributed by atoms with van der Waals surface area (Å²) < 4.78 is 10.5. The molecule has 1 atom stereocenters. The topological polar surface area (TPSA) is 132 Å². The monoisotopic (exact) mass is 412 g/mol. The van der Waals surface area contributed by atoms with Crippen molar-refractivity contribution in [3.63, 3.8) is 0 Å². The molecular formula is C20H20N4O6. The number of benzene rings is 2. The fraction of sp³-hybridized carbons (Fsp3) is 0.200. The van der Waals surface area contributed by atoms with Gasteiger partial charge in [-0.1, -0.05) is 0 Å². The van der Waals surface area contributed by atoms with Gasteiger partial charge in [-0.25, -0.2) is 4.79 Å². The second kappa shape index (κ2) is 8.52. The van der Waals surface area contributed by atoms with Crippen molar-refractivity contribution in [3.8, 4) is 11.5 Å². The van der Waals surface area contributed by atoms with Crippen molar-refractivity contribution < 1.29 is 24.0 Å². The molecule has 30 heavy (non-hydrogen) atoms. The van der Waals surface area contributed by atoms with Crippen molar-refractivity contribution in [1.82, 2.24) is 10.6 Å². The third kappa shape index (κ3) is 4.17. The highest BCUT2D eigenvalue weighted by atomic mass is 16.6. The number of nitro groups is 1. The molecule has 2 aromatic carbocycles. The van der Waals surface area contributed by atoms with Gasteiger partial charge in [0.2, 0.25) is 0 Å². The summed E-state index contributed by atoms with van der Waals surface area (Å²) >= 11 is 0. The predicted octanol–water partition coefficient (Wildman–Crippen LogP) is 2.88. The summed E-state index contributed by atoms with van der Waals surface area (Å²) in [6.07, 6.45) is 0. The van der Waals surface area contributed by atoms with Gasteiger partial charge in [0.15, 0.2) is 0 Å². The second-order valence-electron chi connectivity index (χ2n) is 6.44. The van der Waals surface area contributed by atoms with Gasteiger partial charge in [-0.05, 0) is 36.8 Å². The Morgan fingerprint density at radius 3 is 2.43 bits per heavy atom. The van der Waals surface area contributed by atoms with Gasteiger partial charge in [0.05, 0.1) is 36.4 Å². The highest BCUT2D eigenvalue weighted by molar-refractivity contribution is 6.07. The molecule has 10 nitrogen and oxygen atoms in total. The van der Waals surface area contributed by atoms with E-state index in [0.717, 1.165) is 0 Å². The zero-order valence-electron chi connectivity index (χ0n) is 16.5. The van der Waals surface area contributed by atoms with Crippen LogP contribution in [0.25, 0.3) is 0 Å².